The second kappa shape index (κ2) is 8.53. The van der Waals surface area contributed by atoms with Crippen molar-refractivity contribution < 1.29 is 14.1 Å². The molecule has 8 nitrogen and oxygen atoms in total. The molecule has 0 bridgehead atoms. The van der Waals surface area contributed by atoms with E-state index in [1.807, 2.05) is 0 Å². The molecule has 3 rings (SSSR count). The summed E-state index contributed by atoms with van der Waals surface area (Å²) >= 11 is 1.15. The molecule has 0 saturated heterocycles. The predicted molar refractivity (Wildman–Crippen MR) is 104 cm³/mol. The molecule has 1 aromatic heterocycles. The molecule has 10 heteroatoms. The Morgan fingerprint density at radius 2 is 2.14 bits per heavy atom. The zero-order valence-electron chi connectivity index (χ0n) is 15.0. The Morgan fingerprint density at radius 3 is 2.79 bits per heavy atom. The molecule has 0 radical (unpaired) electrons. The first-order valence-corrected chi connectivity index (χ1v) is 9.40. The molecule has 1 heterocycles. The zero-order valence-corrected chi connectivity index (χ0v) is 15.8. The first kappa shape index (κ1) is 20.0. The van der Waals surface area contributed by atoms with Crippen molar-refractivity contribution in [2.45, 2.75) is 11.8 Å². The van der Waals surface area contributed by atoms with Crippen LogP contribution in [0, 0.1) is 27.3 Å². The van der Waals surface area contributed by atoms with E-state index in [4.69, 9.17) is 4.74 Å². The average Bonchev–Trinajstić information content (AvgIpc) is 2.71. The van der Waals surface area contributed by atoms with Crippen molar-refractivity contribution in [3.8, 4) is 23.1 Å². The lowest BCUT2D eigenvalue weighted by atomic mass is 10.1. The van der Waals surface area contributed by atoms with Gasteiger partial charge in [0.1, 0.15) is 35.5 Å². The van der Waals surface area contributed by atoms with E-state index in [9.17, 15) is 24.6 Å². The second-order valence-corrected chi connectivity index (χ2v) is 6.56. The maximum absolute atomic E-state index is 13.4. The highest BCUT2D eigenvalue weighted by Gasteiger charge is 2.20. The lowest BCUT2D eigenvalue weighted by Gasteiger charge is -2.12. The van der Waals surface area contributed by atoms with E-state index in [-0.39, 0.29) is 40.0 Å². The number of benzene rings is 2. The van der Waals surface area contributed by atoms with Crippen molar-refractivity contribution in [3.05, 3.63) is 79.9 Å². The van der Waals surface area contributed by atoms with Gasteiger partial charge in [-0.3, -0.25) is 14.9 Å². The Kier molecular flexibility index (Phi) is 5.90. The van der Waals surface area contributed by atoms with Crippen molar-refractivity contribution in [1.82, 2.24) is 9.97 Å². The number of thioether (sulfide) groups is 1. The fraction of sp³-hybridized carbons (Fsp3) is 0.105. The maximum atomic E-state index is 13.4. The number of nitrogens with one attached hydrogen (secondary N) is 1. The number of aromatic amines is 1. The number of rotatable bonds is 6. The van der Waals surface area contributed by atoms with Gasteiger partial charge < -0.3 is 9.72 Å². The SMILES string of the molecule is CSc1nc(-c2cc([N+](=O)[O-])ccc2OCc2cccc(F)c2)c(C#N)c(=O)[nH]1. The van der Waals surface area contributed by atoms with Crippen LogP contribution in [0.15, 0.2) is 52.4 Å². The summed E-state index contributed by atoms with van der Waals surface area (Å²) in [7, 11) is 0. The van der Waals surface area contributed by atoms with E-state index in [1.54, 1.807) is 18.4 Å². The molecule has 0 spiro atoms. The molecule has 0 saturated carbocycles. The summed E-state index contributed by atoms with van der Waals surface area (Å²) in [6, 6.07) is 11.3. The number of nitro groups is 1. The molecule has 0 aliphatic carbocycles. The molecule has 0 amide bonds. The Labute approximate surface area is 168 Å². The van der Waals surface area contributed by atoms with Crippen molar-refractivity contribution in [1.29, 1.82) is 5.26 Å². The quantitative estimate of drug-likeness (QED) is 0.284. The number of ether oxygens (including phenoxy) is 1. The van der Waals surface area contributed by atoms with Crippen molar-refractivity contribution >= 4 is 17.4 Å². The van der Waals surface area contributed by atoms with Gasteiger partial charge in [-0.05, 0) is 30.0 Å². The molecular formula is C19H13FN4O4S. The minimum atomic E-state index is -0.663. The van der Waals surface area contributed by atoms with Crippen LogP contribution in [0.4, 0.5) is 10.1 Å². The average molecular weight is 412 g/mol. The van der Waals surface area contributed by atoms with E-state index < -0.39 is 16.3 Å². The maximum Gasteiger partial charge on any atom is 0.270 e. The van der Waals surface area contributed by atoms with Gasteiger partial charge in [0.05, 0.1) is 10.5 Å². The number of non-ortho nitro benzene ring substituents is 1. The summed E-state index contributed by atoms with van der Waals surface area (Å²) in [5, 5.41) is 20.9. The predicted octanol–water partition coefficient (Wildman–Crippen LogP) is 3.66. The van der Waals surface area contributed by atoms with Crippen LogP contribution in [-0.2, 0) is 6.61 Å². The summed E-state index contributed by atoms with van der Waals surface area (Å²) in [5.74, 6) is -0.260. The Morgan fingerprint density at radius 1 is 1.34 bits per heavy atom. The topological polar surface area (TPSA) is 122 Å². The fourth-order valence-corrected chi connectivity index (χ4v) is 2.96. The van der Waals surface area contributed by atoms with Crippen molar-refractivity contribution in [2.75, 3.05) is 6.26 Å². The van der Waals surface area contributed by atoms with Crippen LogP contribution >= 0.6 is 11.8 Å². The van der Waals surface area contributed by atoms with Gasteiger partial charge in [0.2, 0.25) is 0 Å². The monoisotopic (exact) mass is 412 g/mol. The van der Waals surface area contributed by atoms with Crippen LogP contribution in [-0.4, -0.2) is 21.1 Å². The number of H-pyrrole nitrogens is 1. The number of hydrogen-bond acceptors (Lipinski definition) is 7. The van der Waals surface area contributed by atoms with Gasteiger partial charge in [0, 0.05) is 12.1 Å². The lowest BCUT2D eigenvalue weighted by molar-refractivity contribution is -0.384. The summed E-state index contributed by atoms with van der Waals surface area (Å²) < 4.78 is 19.1. The second-order valence-electron chi connectivity index (χ2n) is 5.77. The van der Waals surface area contributed by atoms with E-state index in [0.29, 0.717) is 5.56 Å². The number of aromatic nitrogens is 2. The van der Waals surface area contributed by atoms with Gasteiger partial charge in [-0.1, -0.05) is 23.9 Å². The van der Waals surface area contributed by atoms with E-state index in [0.717, 1.165) is 11.8 Å². The highest BCUT2D eigenvalue weighted by molar-refractivity contribution is 7.98. The van der Waals surface area contributed by atoms with Crippen LogP contribution in [0.1, 0.15) is 11.1 Å². The molecule has 2 aromatic carbocycles. The van der Waals surface area contributed by atoms with E-state index >= 15 is 0 Å². The summed E-state index contributed by atoms with van der Waals surface area (Å²) in [6.07, 6.45) is 1.68. The minimum absolute atomic E-state index is 0.0248. The summed E-state index contributed by atoms with van der Waals surface area (Å²) in [4.78, 5) is 29.6. The standard InChI is InChI=1S/C19H13FN4O4S/c1-29-19-22-17(15(9-21)18(25)23-19)14-8-13(24(26)27)5-6-16(14)28-10-11-3-2-4-12(20)7-11/h2-8H,10H2,1H3,(H,22,23,25). The molecule has 0 aliphatic heterocycles. The Bertz CT molecular complexity index is 1190. The van der Waals surface area contributed by atoms with Gasteiger partial charge in [-0.25, -0.2) is 9.37 Å². The van der Waals surface area contributed by atoms with Crippen LogP contribution in [0.5, 0.6) is 5.75 Å². The van der Waals surface area contributed by atoms with E-state index in [1.165, 1.54) is 36.4 Å². The van der Waals surface area contributed by atoms with Crippen molar-refractivity contribution in [2.24, 2.45) is 0 Å². The molecule has 0 aliphatic rings. The Balaban J connectivity index is 2.13. The first-order chi connectivity index (χ1) is 13.9. The number of hydrogen-bond donors (Lipinski definition) is 1. The number of nitrogens with zero attached hydrogens (tertiary/aromatic N) is 3. The van der Waals surface area contributed by atoms with Crippen molar-refractivity contribution in [3.63, 3.8) is 0 Å². The molecule has 3 aromatic rings. The number of nitro benzene ring substituents is 1. The molecule has 0 unspecified atom stereocenters. The molecule has 0 fully saturated rings. The van der Waals surface area contributed by atoms with Crippen LogP contribution in [0.25, 0.3) is 11.3 Å². The van der Waals surface area contributed by atoms with Gasteiger partial charge in [-0.2, -0.15) is 5.26 Å². The van der Waals surface area contributed by atoms with Gasteiger partial charge >= 0.3 is 0 Å². The molecule has 29 heavy (non-hydrogen) atoms. The smallest absolute Gasteiger partial charge is 0.270 e. The van der Waals surface area contributed by atoms with Gasteiger partial charge in [0.15, 0.2) is 5.16 Å². The molecular weight excluding hydrogens is 399 g/mol. The van der Waals surface area contributed by atoms with E-state index in [2.05, 4.69) is 9.97 Å². The van der Waals surface area contributed by atoms with Crippen LogP contribution < -0.4 is 10.3 Å². The number of nitriles is 1. The minimum Gasteiger partial charge on any atom is -0.488 e. The lowest BCUT2D eigenvalue weighted by Crippen LogP contribution is -2.15. The fourth-order valence-electron chi connectivity index (χ4n) is 2.58. The van der Waals surface area contributed by atoms with Gasteiger partial charge in [0.25, 0.3) is 11.2 Å². The van der Waals surface area contributed by atoms with Crippen LogP contribution in [0.2, 0.25) is 0 Å². The summed E-state index contributed by atoms with van der Waals surface area (Å²) in [6.45, 7) is -0.0248. The first-order valence-electron chi connectivity index (χ1n) is 8.17. The zero-order chi connectivity index (χ0) is 21.0. The normalized spacial score (nSPS) is 10.4. The third-order valence-corrected chi connectivity index (χ3v) is 4.50. The number of halogens is 1. The molecule has 146 valence electrons. The molecule has 0 atom stereocenters. The Hall–Kier alpha value is -3.71. The van der Waals surface area contributed by atoms with Crippen LogP contribution in [0.3, 0.4) is 0 Å². The third kappa shape index (κ3) is 4.41. The summed E-state index contributed by atoms with van der Waals surface area (Å²) in [5.41, 5.74) is -0.580. The van der Waals surface area contributed by atoms with Gasteiger partial charge in [-0.15, -0.1) is 0 Å². The largest absolute Gasteiger partial charge is 0.488 e. The third-order valence-electron chi connectivity index (χ3n) is 3.92. The highest BCUT2D eigenvalue weighted by atomic mass is 32.2. The highest BCUT2D eigenvalue weighted by Crippen LogP contribution is 2.34. The molecule has 1 N–H and O–H groups in total.